The maximum atomic E-state index is 12.8. The van der Waals surface area contributed by atoms with Crippen LogP contribution in [0.15, 0.2) is 51.9 Å². The number of ketones is 1. The molecule has 0 amide bonds. The Morgan fingerprint density at radius 3 is 2.89 bits per heavy atom. The minimum absolute atomic E-state index is 0.0348. The summed E-state index contributed by atoms with van der Waals surface area (Å²) in [5.74, 6) is 0.978. The molecule has 1 aliphatic heterocycles. The minimum Gasteiger partial charge on any atom is -0.379 e. The maximum absolute atomic E-state index is 12.8. The lowest BCUT2D eigenvalue weighted by Gasteiger charge is -2.30. The average Bonchev–Trinajstić information content (AvgIpc) is 3.05. The van der Waals surface area contributed by atoms with Gasteiger partial charge in [-0.3, -0.25) is 9.79 Å². The number of hydrogen-bond donors (Lipinski definition) is 1. The number of benzene rings is 2. The fraction of sp³-hybridized carbons (Fsp3) is 0.250. The maximum Gasteiger partial charge on any atom is 0.195 e. The smallest absolute Gasteiger partial charge is 0.195 e. The van der Waals surface area contributed by atoms with Crippen molar-refractivity contribution >= 4 is 60.2 Å². The van der Waals surface area contributed by atoms with Crippen molar-refractivity contribution in [2.24, 2.45) is 10.7 Å². The van der Waals surface area contributed by atoms with E-state index in [9.17, 15) is 4.79 Å². The van der Waals surface area contributed by atoms with E-state index in [0.29, 0.717) is 16.6 Å². The Bertz CT molecular complexity index is 1030. The van der Waals surface area contributed by atoms with Gasteiger partial charge in [0.2, 0.25) is 0 Å². The number of Topliss-reactive ketones (excluding diaryl/α,β-unsaturated/α-hetero) is 1. The number of fused-ring (bicyclic) bond motifs is 1. The Kier molecular flexibility index (Phi) is 5.09. The number of nitrogens with zero attached hydrogens (tertiary/aromatic N) is 2. The van der Waals surface area contributed by atoms with Gasteiger partial charge in [-0.2, -0.15) is 0 Å². The van der Waals surface area contributed by atoms with E-state index in [1.165, 1.54) is 11.3 Å². The van der Waals surface area contributed by atoms with Crippen LogP contribution in [0, 0.1) is 0 Å². The quantitative estimate of drug-likeness (QED) is 0.547. The second-order valence-corrected chi connectivity index (χ2v) is 9.82. The largest absolute Gasteiger partial charge is 0.379 e. The van der Waals surface area contributed by atoms with Gasteiger partial charge in [0.15, 0.2) is 16.0 Å². The summed E-state index contributed by atoms with van der Waals surface area (Å²) >= 11 is 6.62. The fourth-order valence-corrected chi connectivity index (χ4v) is 5.63. The van der Waals surface area contributed by atoms with Crippen molar-refractivity contribution in [2.45, 2.75) is 25.3 Å². The summed E-state index contributed by atoms with van der Waals surface area (Å²) in [5.41, 5.74) is 8.51. The number of thiazole rings is 1. The SMILES string of the molecule is CC1(c2cc(Br)cc(CC(=O)c3nc4ccccc4s3)c2)CCSC(N)=N1. The lowest BCUT2D eigenvalue weighted by molar-refractivity contribution is 0.0992. The zero-order chi connectivity index (χ0) is 19.0. The molecule has 0 fully saturated rings. The number of amidine groups is 1. The van der Waals surface area contributed by atoms with Crippen molar-refractivity contribution in [3.63, 3.8) is 0 Å². The highest BCUT2D eigenvalue weighted by Gasteiger charge is 2.30. The van der Waals surface area contributed by atoms with Gasteiger partial charge < -0.3 is 5.73 Å². The Morgan fingerprint density at radius 2 is 2.11 bits per heavy atom. The van der Waals surface area contributed by atoms with Crippen LogP contribution in [0.25, 0.3) is 10.2 Å². The molecule has 0 saturated heterocycles. The topological polar surface area (TPSA) is 68.3 Å². The molecule has 1 aliphatic rings. The molecule has 2 aromatic carbocycles. The molecule has 4 nitrogen and oxygen atoms in total. The number of carbonyl (C=O) groups excluding carboxylic acids is 1. The molecule has 138 valence electrons. The lowest BCUT2D eigenvalue weighted by atomic mass is 9.88. The lowest BCUT2D eigenvalue weighted by Crippen LogP contribution is -2.29. The standard InChI is InChI=1S/C20H18BrN3OS2/c1-20(6-7-26-19(22)24-20)13-8-12(9-14(21)11-13)10-16(25)18-23-15-4-2-3-5-17(15)27-18/h2-5,8-9,11H,6-7,10H2,1H3,(H2,22,24). The molecule has 0 spiro atoms. The number of aliphatic imine (C=N–C) groups is 1. The first kappa shape index (κ1) is 18.7. The highest BCUT2D eigenvalue weighted by atomic mass is 79.9. The van der Waals surface area contributed by atoms with Crippen LogP contribution in [0.4, 0.5) is 0 Å². The summed E-state index contributed by atoms with van der Waals surface area (Å²) in [7, 11) is 0. The monoisotopic (exact) mass is 459 g/mol. The van der Waals surface area contributed by atoms with Gasteiger partial charge in [0.25, 0.3) is 0 Å². The van der Waals surface area contributed by atoms with Gasteiger partial charge in [-0.15, -0.1) is 11.3 Å². The van der Waals surface area contributed by atoms with E-state index in [-0.39, 0.29) is 11.3 Å². The van der Waals surface area contributed by atoms with Gasteiger partial charge in [0, 0.05) is 16.6 Å². The predicted octanol–water partition coefficient (Wildman–Crippen LogP) is 5.15. The van der Waals surface area contributed by atoms with E-state index in [2.05, 4.69) is 45.0 Å². The third-order valence-electron chi connectivity index (χ3n) is 4.67. The summed E-state index contributed by atoms with van der Waals surface area (Å²) in [5, 5.41) is 1.18. The molecule has 0 aliphatic carbocycles. The van der Waals surface area contributed by atoms with Crippen molar-refractivity contribution < 1.29 is 4.79 Å². The molecule has 3 aromatic rings. The van der Waals surface area contributed by atoms with E-state index in [1.807, 2.05) is 30.3 Å². The first-order valence-electron chi connectivity index (χ1n) is 8.60. The van der Waals surface area contributed by atoms with Crippen LogP contribution in [0.2, 0.25) is 0 Å². The van der Waals surface area contributed by atoms with Crippen molar-refractivity contribution in [3.8, 4) is 0 Å². The molecule has 2 N–H and O–H groups in total. The number of hydrogen-bond acceptors (Lipinski definition) is 6. The zero-order valence-corrected chi connectivity index (χ0v) is 18.0. The van der Waals surface area contributed by atoms with Crippen molar-refractivity contribution in [2.75, 3.05) is 5.75 Å². The van der Waals surface area contributed by atoms with Crippen LogP contribution in [-0.2, 0) is 12.0 Å². The Morgan fingerprint density at radius 1 is 1.30 bits per heavy atom. The van der Waals surface area contributed by atoms with Crippen LogP contribution in [0.3, 0.4) is 0 Å². The summed E-state index contributed by atoms with van der Waals surface area (Å²) < 4.78 is 1.98. The number of nitrogens with two attached hydrogens (primary N) is 1. The van der Waals surface area contributed by atoms with Crippen molar-refractivity contribution in [1.29, 1.82) is 0 Å². The number of rotatable bonds is 4. The summed E-state index contributed by atoms with van der Waals surface area (Å²) in [6, 6.07) is 14.0. The van der Waals surface area contributed by atoms with Crippen LogP contribution >= 0.6 is 39.0 Å². The highest BCUT2D eigenvalue weighted by molar-refractivity contribution is 9.10. The Hall–Kier alpha value is -1.70. The van der Waals surface area contributed by atoms with Crippen LogP contribution in [-0.4, -0.2) is 21.7 Å². The van der Waals surface area contributed by atoms with Crippen molar-refractivity contribution in [3.05, 3.63) is 63.1 Å². The average molecular weight is 460 g/mol. The predicted molar refractivity (Wildman–Crippen MR) is 118 cm³/mol. The number of carbonyl (C=O) groups is 1. The molecule has 0 radical (unpaired) electrons. The van der Waals surface area contributed by atoms with Crippen LogP contribution in [0.1, 0.15) is 34.3 Å². The third-order valence-corrected chi connectivity index (χ3v) is 7.00. The first-order chi connectivity index (χ1) is 12.9. The van der Waals surface area contributed by atoms with Gasteiger partial charge in [-0.25, -0.2) is 4.98 Å². The molecular weight excluding hydrogens is 442 g/mol. The van der Waals surface area contributed by atoms with Crippen LogP contribution < -0.4 is 5.73 Å². The van der Waals surface area contributed by atoms with Crippen LogP contribution in [0.5, 0.6) is 0 Å². The van der Waals surface area contributed by atoms with Gasteiger partial charge in [0.05, 0.1) is 15.8 Å². The summed E-state index contributed by atoms with van der Waals surface area (Å²) in [6.07, 6.45) is 1.23. The summed E-state index contributed by atoms with van der Waals surface area (Å²) in [4.78, 5) is 22.0. The molecule has 1 aromatic heterocycles. The number of thioether (sulfide) groups is 1. The molecule has 1 unspecified atom stereocenters. The number of aromatic nitrogens is 1. The van der Waals surface area contributed by atoms with E-state index in [0.717, 1.165) is 38.0 Å². The van der Waals surface area contributed by atoms with Gasteiger partial charge in [-0.05, 0) is 48.7 Å². The van der Waals surface area contributed by atoms with Gasteiger partial charge in [0.1, 0.15) is 0 Å². The van der Waals surface area contributed by atoms with Gasteiger partial charge in [-0.1, -0.05) is 45.9 Å². The molecule has 1 atom stereocenters. The Balaban J connectivity index is 1.63. The first-order valence-corrected chi connectivity index (χ1v) is 11.2. The second-order valence-electron chi connectivity index (χ2n) is 6.76. The van der Waals surface area contributed by atoms with Gasteiger partial charge >= 0.3 is 0 Å². The van der Waals surface area contributed by atoms with E-state index >= 15 is 0 Å². The molecule has 0 bridgehead atoms. The minimum atomic E-state index is -0.354. The molecular formula is C20H18BrN3OS2. The second kappa shape index (κ2) is 7.37. The molecule has 7 heteroatoms. The van der Waals surface area contributed by atoms with E-state index in [1.54, 1.807) is 11.8 Å². The molecule has 4 rings (SSSR count). The van der Waals surface area contributed by atoms with Crippen molar-refractivity contribution in [1.82, 2.24) is 4.98 Å². The van der Waals surface area contributed by atoms with E-state index < -0.39 is 0 Å². The zero-order valence-electron chi connectivity index (χ0n) is 14.7. The molecule has 2 heterocycles. The molecule has 0 saturated carbocycles. The highest BCUT2D eigenvalue weighted by Crippen LogP contribution is 2.37. The molecule has 27 heavy (non-hydrogen) atoms. The third kappa shape index (κ3) is 3.95. The normalized spacial score (nSPS) is 19.9. The number of halogens is 1. The fourth-order valence-electron chi connectivity index (χ4n) is 3.21. The number of para-hydroxylation sites is 1. The summed E-state index contributed by atoms with van der Waals surface area (Å²) in [6.45, 7) is 2.10. The van der Waals surface area contributed by atoms with E-state index in [4.69, 9.17) is 5.73 Å². The Labute approximate surface area is 174 Å².